The Hall–Kier alpha value is -3.37. The van der Waals surface area contributed by atoms with Crippen LogP contribution in [0.2, 0.25) is 0 Å². The quantitative estimate of drug-likeness (QED) is 0.249. The van der Waals surface area contributed by atoms with Gasteiger partial charge in [-0.2, -0.15) is 0 Å². The Morgan fingerprint density at radius 2 is 1.66 bits per heavy atom. The lowest BCUT2D eigenvalue weighted by Crippen LogP contribution is -2.31. The number of allylic oxidation sites excluding steroid dienone is 1. The summed E-state index contributed by atoms with van der Waals surface area (Å²) in [7, 11) is 0. The molecule has 4 aromatic rings. The summed E-state index contributed by atoms with van der Waals surface area (Å²) in [4.78, 5) is 7.74. The molecule has 0 amide bonds. The van der Waals surface area contributed by atoms with Gasteiger partial charge in [0, 0.05) is 39.8 Å². The third kappa shape index (κ3) is 4.06. The number of anilines is 2. The summed E-state index contributed by atoms with van der Waals surface area (Å²) < 4.78 is 0. The zero-order valence-corrected chi connectivity index (χ0v) is 21.0. The number of likely N-dealkylation sites (tertiary alicyclic amines) is 1. The van der Waals surface area contributed by atoms with Crippen molar-refractivity contribution in [1.82, 2.24) is 9.88 Å². The molecule has 0 aliphatic carbocycles. The lowest BCUT2D eigenvalue weighted by Gasteiger charge is -2.32. The van der Waals surface area contributed by atoms with E-state index in [0.29, 0.717) is 0 Å². The van der Waals surface area contributed by atoms with Gasteiger partial charge >= 0.3 is 0 Å². The summed E-state index contributed by atoms with van der Waals surface area (Å²) in [6.45, 7) is 10.1. The third-order valence-electron chi connectivity index (χ3n) is 7.50. The van der Waals surface area contributed by atoms with Crippen molar-refractivity contribution in [1.29, 1.82) is 0 Å². The normalized spacial score (nSPS) is 17.7. The monoisotopic (exact) mass is 462 g/mol. The number of nitrogen functional groups attached to an aromatic ring is 1. The maximum Gasteiger partial charge on any atom is 0.0811 e. The van der Waals surface area contributed by atoms with Crippen LogP contribution < -0.4 is 11.1 Å². The molecule has 1 saturated heterocycles. The highest BCUT2D eigenvalue weighted by Crippen LogP contribution is 2.43. The summed E-state index contributed by atoms with van der Waals surface area (Å²) in [6, 6.07) is 19.7. The van der Waals surface area contributed by atoms with E-state index in [1.54, 1.807) is 0 Å². The smallest absolute Gasteiger partial charge is 0.0811 e. The van der Waals surface area contributed by atoms with Crippen molar-refractivity contribution in [3.05, 3.63) is 71.8 Å². The molecule has 0 radical (unpaired) electrons. The van der Waals surface area contributed by atoms with Crippen molar-refractivity contribution in [2.45, 2.75) is 52.1 Å². The number of hydrogen-bond donors (Lipinski definition) is 2. The molecule has 2 aliphatic heterocycles. The summed E-state index contributed by atoms with van der Waals surface area (Å²) in [6.07, 6.45) is 6.31. The molecule has 2 aliphatic rings. The van der Waals surface area contributed by atoms with Gasteiger partial charge in [-0.15, -0.1) is 0 Å². The van der Waals surface area contributed by atoms with E-state index in [-0.39, 0.29) is 5.54 Å². The van der Waals surface area contributed by atoms with Crippen LogP contribution in [0.4, 0.5) is 11.4 Å². The number of fused-ring (bicyclic) bond motifs is 4. The predicted molar refractivity (Wildman–Crippen MR) is 150 cm³/mol. The van der Waals surface area contributed by atoms with Gasteiger partial charge in [-0.1, -0.05) is 48.9 Å². The average Bonchev–Trinajstić information content (AvgIpc) is 2.82. The number of nitrogens with zero attached hydrogens (tertiary/aromatic N) is 2. The molecule has 4 heteroatoms. The highest BCUT2D eigenvalue weighted by atomic mass is 15.1. The van der Waals surface area contributed by atoms with E-state index in [1.165, 1.54) is 65.6 Å². The fourth-order valence-corrected chi connectivity index (χ4v) is 5.99. The van der Waals surface area contributed by atoms with Crippen molar-refractivity contribution in [3.63, 3.8) is 0 Å². The van der Waals surface area contributed by atoms with E-state index in [2.05, 4.69) is 79.5 Å². The zero-order valence-electron chi connectivity index (χ0n) is 21.0. The maximum absolute atomic E-state index is 6.20. The Morgan fingerprint density at radius 1 is 0.914 bits per heavy atom. The molecule has 4 nitrogen and oxygen atoms in total. The van der Waals surface area contributed by atoms with Crippen LogP contribution in [0.15, 0.2) is 60.7 Å². The molecule has 3 heterocycles. The van der Waals surface area contributed by atoms with E-state index in [9.17, 15) is 0 Å². The first kappa shape index (κ1) is 22.1. The number of pyridine rings is 1. The van der Waals surface area contributed by atoms with Crippen LogP contribution in [0.1, 0.15) is 51.2 Å². The lowest BCUT2D eigenvalue weighted by molar-refractivity contribution is 0.221. The summed E-state index contributed by atoms with van der Waals surface area (Å²) >= 11 is 0. The van der Waals surface area contributed by atoms with Gasteiger partial charge in [0.25, 0.3) is 0 Å². The second-order valence-electron chi connectivity index (χ2n) is 10.9. The zero-order chi connectivity index (χ0) is 24.2. The second kappa shape index (κ2) is 8.39. The van der Waals surface area contributed by atoms with E-state index in [0.717, 1.165) is 34.3 Å². The molecule has 3 N–H and O–H groups in total. The molecule has 178 valence electrons. The molecule has 1 aromatic heterocycles. The van der Waals surface area contributed by atoms with Crippen LogP contribution in [0.3, 0.4) is 0 Å². The Labute approximate surface area is 207 Å². The number of piperidine rings is 1. The van der Waals surface area contributed by atoms with Gasteiger partial charge in [0.1, 0.15) is 0 Å². The predicted octanol–water partition coefficient (Wildman–Crippen LogP) is 7.23. The van der Waals surface area contributed by atoms with E-state index in [4.69, 9.17) is 10.7 Å². The fraction of sp³-hybridized carbons (Fsp3) is 0.323. The minimum atomic E-state index is -0.0843. The van der Waals surface area contributed by atoms with Crippen molar-refractivity contribution < 1.29 is 0 Å². The van der Waals surface area contributed by atoms with Gasteiger partial charge < -0.3 is 11.1 Å². The lowest BCUT2D eigenvalue weighted by atomic mass is 9.87. The van der Waals surface area contributed by atoms with Crippen LogP contribution >= 0.6 is 0 Å². The molecule has 1 fully saturated rings. The van der Waals surface area contributed by atoms with Gasteiger partial charge in [0.15, 0.2) is 0 Å². The standard InChI is InChI=1S/C31H34N4/c1-20-18-31(2,3)34-26-14-13-25-29(24-12-11-23(32)17-27(24)33-30(25)28(20)26)22-9-7-21(8-10-22)19-35-15-5-4-6-16-35/h7-14,17-18,34H,4-6,15-16,19,32H2,1-3H3. The maximum atomic E-state index is 6.20. The van der Waals surface area contributed by atoms with Crippen LogP contribution in [-0.4, -0.2) is 28.5 Å². The molecule has 0 unspecified atom stereocenters. The van der Waals surface area contributed by atoms with Crippen molar-refractivity contribution in [2.24, 2.45) is 0 Å². The topological polar surface area (TPSA) is 54.2 Å². The number of nitrogens with one attached hydrogen (secondary N) is 1. The summed E-state index contributed by atoms with van der Waals surface area (Å²) in [5.41, 5.74) is 16.2. The molecule has 0 saturated carbocycles. The van der Waals surface area contributed by atoms with Crippen molar-refractivity contribution in [2.75, 3.05) is 24.1 Å². The molecular weight excluding hydrogens is 428 g/mol. The first-order valence-electron chi connectivity index (χ1n) is 12.8. The van der Waals surface area contributed by atoms with Gasteiger partial charge in [-0.25, -0.2) is 4.98 Å². The second-order valence-corrected chi connectivity index (χ2v) is 10.9. The van der Waals surface area contributed by atoms with Crippen LogP contribution in [0.5, 0.6) is 0 Å². The van der Waals surface area contributed by atoms with Crippen LogP contribution in [0.25, 0.3) is 38.5 Å². The number of hydrogen-bond acceptors (Lipinski definition) is 4. The van der Waals surface area contributed by atoms with E-state index >= 15 is 0 Å². The SMILES string of the molecule is CC1=CC(C)(C)Nc2ccc3c(-c4ccc(CN5CCCCC5)cc4)c4ccc(N)cc4nc3c21. The molecule has 3 aromatic carbocycles. The van der Waals surface area contributed by atoms with E-state index < -0.39 is 0 Å². The summed E-state index contributed by atoms with van der Waals surface area (Å²) in [5, 5.41) is 6.00. The Balaban J connectivity index is 1.52. The highest BCUT2D eigenvalue weighted by molar-refractivity contribution is 6.13. The number of benzene rings is 3. The molecular formula is C31H34N4. The van der Waals surface area contributed by atoms with Crippen molar-refractivity contribution in [3.8, 4) is 11.1 Å². The first-order valence-corrected chi connectivity index (χ1v) is 12.8. The summed E-state index contributed by atoms with van der Waals surface area (Å²) in [5.74, 6) is 0. The highest BCUT2D eigenvalue weighted by Gasteiger charge is 2.25. The number of aromatic nitrogens is 1. The first-order chi connectivity index (χ1) is 16.9. The van der Waals surface area contributed by atoms with E-state index in [1.807, 2.05) is 12.1 Å². The fourth-order valence-electron chi connectivity index (χ4n) is 5.99. The molecule has 0 spiro atoms. The number of nitrogens with two attached hydrogens (primary N) is 1. The molecule has 35 heavy (non-hydrogen) atoms. The Bertz CT molecular complexity index is 1460. The van der Waals surface area contributed by atoms with Crippen LogP contribution in [-0.2, 0) is 6.54 Å². The molecule has 0 bridgehead atoms. The average molecular weight is 463 g/mol. The molecule has 6 rings (SSSR count). The minimum Gasteiger partial charge on any atom is -0.399 e. The number of rotatable bonds is 3. The largest absolute Gasteiger partial charge is 0.399 e. The van der Waals surface area contributed by atoms with Gasteiger partial charge in [-0.3, -0.25) is 4.90 Å². The Morgan fingerprint density at radius 3 is 2.43 bits per heavy atom. The Kier molecular flexibility index (Phi) is 5.30. The van der Waals surface area contributed by atoms with Crippen molar-refractivity contribution >= 4 is 38.8 Å². The van der Waals surface area contributed by atoms with Crippen LogP contribution in [0, 0.1) is 0 Å². The van der Waals surface area contributed by atoms with Gasteiger partial charge in [0.05, 0.1) is 16.6 Å². The molecule has 0 atom stereocenters. The van der Waals surface area contributed by atoms with Gasteiger partial charge in [0.2, 0.25) is 0 Å². The minimum absolute atomic E-state index is 0.0843. The van der Waals surface area contributed by atoms with Gasteiger partial charge in [-0.05, 0) is 81.6 Å². The third-order valence-corrected chi connectivity index (χ3v) is 7.50.